The van der Waals surface area contributed by atoms with Gasteiger partial charge < -0.3 is 14.6 Å². The fraction of sp³-hybridized carbons (Fsp3) is 0.625. The highest BCUT2D eigenvalue weighted by Gasteiger charge is 2.11. The van der Waals surface area contributed by atoms with Crippen LogP contribution in [0.3, 0.4) is 0 Å². The number of hydrogen-bond acceptors (Lipinski definition) is 4. The molecular formula is C16H27NO3. The molecule has 0 fully saturated rings. The largest absolute Gasteiger partial charge is 0.494 e. The number of aliphatic hydroxyl groups excluding tert-OH is 1. The average Bonchev–Trinajstić information content (AvgIpc) is 2.44. The van der Waals surface area contributed by atoms with Gasteiger partial charge >= 0.3 is 0 Å². The van der Waals surface area contributed by atoms with Crippen molar-refractivity contribution in [3.8, 4) is 5.75 Å². The molecule has 0 aromatic heterocycles. The molecule has 0 saturated carbocycles. The Labute approximate surface area is 122 Å². The van der Waals surface area contributed by atoms with E-state index in [2.05, 4.69) is 11.8 Å². The van der Waals surface area contributed by atoms with E-state index >= 15 is 0 Å². The van der Waals surface area contributed by atoms with Crippen molar-refractivity contribution in [2.45, 2.75) is 33.4 Å². The summed E-state index contributed by atoms with van der Waals surface area (Å²) in [5, 5.41) is 9.73. The molecule has 0 heterocycles. The van der Waals surface area contributed by atoms with E-state index in [1.165, 1.54) is 0 Å². The first kappa shape index (κ1) is 17.0. The minimum Gasteiger partial charge on any atom is -0.494 e. The average molecular weight is 281 g/mol. The number of hydrogen-bond donors (Lipinski definition) is 1. The molecule has 1 unspecified atom stereocenters. The summed E-state index contributed by atoms with van der Waals surface area (Å²) in [7, 11) is 1.72. The first-order valence-electron chi connectivity index (χ1n) is 7.27. The summed E-state index contributed by atoms with van der Waals surface area (Å²) in [4.78, 5) is 2.30. The normalized spacial score (nSPS) is 12.7. The summed E-state index contributed by atoms with van der Waals surface area (Å²) in [5.41, 5.74) is 2.04. The maximum absolute atomic E-state index is 9.73. The highest BCUT2D eigenvalue weighted by molar-refractivity contribution is 5.38. The van der Waals surface area contributed by atoms with E-state index in [9.17, 15) is 5.11 Å². The first-order valence-corrected chi connectivity index (χ1v) is 7.27. The Hall–Kier alpha value is -1.10. The van der Waals surface area contributed by atoms with Gasteiger partial charge in [-0.1, -0.05) is 13.0 Å². The minimum atomic E-state index is -0.460. The zero-order chi connectivity index (χ0) is 15.0. The molecule has 114 valence electrons. The van der Waals surface area contributed by atoms with Crippen molar-refractivity contribution in [2.24, 2.45) is 0 Å². The van der Waals surface area contributed by atoms with Crippen LogP contribution in [0.4, 0.5) is 0 Å². The molecular weight excluding hydrogens is 254 g/mol. The molecule has 1 rings (SSSR count). The molecule has 0 amide bonds. The molecule has 1 atom stereocenters. The number of rotatable bonds is 9. The van der Waals surface area contributed by atoms with Crippen molar-refractivity contribution in [2.75, 3.05) is 33.4 Å². The third-order valence-corrected chi connectivity index (χ3v) is 3.32. The summed E-state index contributed by atoms with van der Waals surface area (Å²) in [6.07, 6.45) is -0.460. The summed E-state index contributed by atoms with van der Waals surface area (Å²) >= 11 is 0. The summed E-state index contributed by atoms with van der Waals surface area (Å²) in [5.74, 6) is 0.896. The molecule has 0 bridgehead atoms. The van der Waals surface area contributed by atoms with E-state index in [1.807, 2.05) is 25.1 Å². The van der Waals surface area contributed by atoms with Gasteiger partial charge in [0.05, 0.1) is 19.3 Å². The Morgan fingerprint density at radius 3 is 2.60 bits per heavy atom. The van der Waals surface area contributed by atoms with E-state index in [1.54, 1.807) is 14.0 Å². The predicted octanol–water partition coefficient (Wildman–Crippen LogP) is 2.61. The summed E-state index contributed by atoms with van der Waals surface area (Å²) < 4.78 is 10.8. The second-order valence-corrected chi connectivity index (χ2v) is 4.84. The topological polar surface area (TPSA) is 41.9 Å². The molecule has 0 spiro atoms. The summed E-state index contributed by atoms with van der Waals surface area (Å²) in [6, 6.07) is 5.90. The van der Waals surface area contributed by atoms with Crippen LogP contribution in [-0.4, -0.2) is 43.4 Å². The molecule has 0 aliphatic rings. The molecule has 0 saturated heterocycles. The Morgan fingerprint density at radius 2 is 2.05 bits per heavy atom. The molecule has 20 heavy (non-hydrogen) atoms. The molecule has 0 radical (unpaired) electrons. The molecule has 4 heteroatoms. The van der Waals surface area contributed by atoms with Crippen molar-refractivity contribution >= 4 is 0 Å². The minimum absolute atomic E-state index is 0.460. The lowest BCUT2D eigenvalue weighted by Gasteiger charge is -2.22. The Morgan fingerprint density at radius 1 is 1.30 bits per heavy atom. The van der Waals surface area contributed by atoms with Crippen molar-refractivity contribution in [3.63, 3.8) is 0 Å². The second-order valence-electron chi connectivity index (χ2n) is 4.84. The van der Waals surface area contributed by atoms with Crippen molar-refractivity contribution < 1.29 is 14.6 Å². The van der Waals surface area contributed by atoms with Gasteiger partial charge in [0.1, 0.15) is 5.75 Å². The molecule has 1 N–H and O–H groups in total. The van der Waals surface area contributed by atoms with Crippen LogP contribution in [0.25, 0.3) is 0 Å². The van der Waals surface area contributed by atoms with Gasteiger partial charge in [0, 0.05) is 25.8 Å². The fourth-order valence-corrected chi connectivity index (χ4v) is 2.09. The molecule has 4 nitrogen and oxygen atoms in total. The number of nitrogens with zero attached hydrogens (tertiary/aromatic N) is 1. The van der Waals surface area contributed by atoms with Crippen LogP contribution in [0.1, 0.15) is 38.0 Å². The highest BCUT2D eigenvalue weighted by atomic mass is 16.5. The van der Waals surface area contributed by atoms with E-state index in [0.717, 1.165) is 36.5 Å². The molecule has 1 aromatic rings. The molecule has 0 aliphatic heterocycles. The van der Waals surface area contributed by atoms with Gasteiger partial charge in [-0.15, -0.1) is 0 Å². The SMILES string of the molecule is CCOc1ccc(C(C)O)cc1CN(CC)CCOC. The zero-order valence-electron chi connectivity index (χ0n) is 13.1. The van der Waals surface area contributed by atoms with Gasteiger partial charge in [0.2, 0.25) is 0 Å². The Kier molecular flexibility index (Phi) is 7.59. The van der Waals surface area contributed by atoms with Crippen LogP contribution in [0.2, 0.25) is 0 Å². The lowest BCUT2D eigenvalue weighted by Crippen LogP contribution is -2.27. The van der Waals surface area contributed by atoms with Crippen LogP contribution < -0.4 is 4.74 Å². The monoisotopic (exact) mass is 281 g/mol. The van der Waals surface area contributed by atoms with Crippen LogP contribution in [0, 0.1) is 0 Å². The van der Waals surface area contributed by atoms with Gasteiger partial charge in [0.25, 0.3) is 0 Å². The number of methoxy groups -OCH3 is 1. The van der Waals surface area contributed by atoms with Gasteiger partial charge in [0.15, 0.2) is 0 Å². The summed E-state index contributed by atoms with van der Waals surface area (Å²) in [6.45, 7) is 9.89. The predicted molar refractivity (Wildman–Crippen MR) is 81.1 cm³/mol. The van der Waals surface area contributed by atoms with E-state index < -0.39 is 6.10 Å². The van der Waals surface area contributed by atoms with Crippen molar-refractivity contribution in [3.05, 3.63) is 29.3 Å². The number of aliphatic hydroxyl groups is 1. The zero-order valence-corrected chi connectivity index (χ0v) is 13.1. The number of benzene rings is 1. The van der Waals surface area contributed by atoms with E-state index in [-0.39, 0.29) is 0 Å². The maximum atomic E-state index is 9.73. The lowest BCUT2D eigenvalue weighted by molar-refractivity contribution is 0.146. The van der Waals surface area contributed by atoms with Crippen LogP contribution >= 0.6 is 0 Å². The standard InChI is InChI=1S/C16H27NO3/c1-5-17(9-10-19-4)12-15-11-14(13(3)18)7-8-16(15)20-6-2/h7-8,11,13,18H,5-6,9-10,12H2,1-4H3. The molecule has 1 aromatic carbocycles. The Balaban J connectivity index is 2.89. The van der Waals surface area contributed by atoms with Gasteiger partial charge in [-0.05, 0) is 38.1 Å². The number of ether oxygens (including phenoxy) is 2. The third-order valence-electron chi connectivity index (χ3n) is 3.32. The number of likely N-dealkylation sites (N-methyl/N-ethyl adjacent to an activating group) is 1. The first-order chi connectivity index (χ1) is 9.62. The van der Waals surface area contributed by atoms with Crippen molar-refractivity contribution in [1.29, 1.82) is 0 Å². The Bertz CT molecular complexity index is 393. The van der Waals surface area contributed by atoms with Crippen LogP contribution in [-0.2, 0) is 11.3 Å². The smallest absolute Gasteiger partial charge is 0.123 e. The van der Waals surface area contributed by atoms with Gasteiger partial charge in [-0.2, -0.15) is 0 Å². The highest BCUT2D eigenvalue weighted by Crippen LogP contribution is 2.25. The third kappa shape index (κ3) is 5.12. The second kappa shape index (κ2) is 8.95. The van der Waals surface area contributed by atoms with Gasteiger partial charge in [-0.3, -0.25) is 4.90 Å². The van der Waals surface area contributed by atoms with Crippen LogP contribution in [0.15, 0.2) is 18.2 Å². The lowest BCUT2D eigenvalue weighted by atomic mass is 10.1. The van der Waals surface area contributed by atoms with E-state index in [0.29, 0.717) is 13.2 Å². The fourth-order valence-electron chi connectivity index (χ4n) is 2.09. The van der Waals surface area contributed by atoms with Crippen molar-refractivity contribution in [1.82, 2.24) is 4.90 Å². The quantitative estimate of drug-likeness (QED) is 0.755. The maximum Gasteiger partial charge on any atom is 0.123 e. The van der Waals surface area contributed by atoms with Gasteiger partial charge in [-0.25, -0.2) is 0 Å². The molecule has 0 aliphatic carbocycles. The van der Waals surface area contributed by atoms with Crippen LogP contribution in [0.5, 0.6) is 5.75 Å². The van der Waals surface area contributed by atoms with E-state index in [4.69, 9.17) is 9.47 Å².